The highest BCUT2D eigenvalue weighted by atomic mass is 79.9. The van der Waals surface area contributed by atoms with Crippen LogP contribution in [0.3, 0.4) is 0 Å². The van der Waals surface area contributed by atoms with E-state index in [4.69, 9.17) is 10.2 Å². The van der Waals surface area contributed by atoms with Crippen LogP contribution in [0.5, 0.6) is 0 Å². The molecular weight excluding hydrogens is 404 g/mol. The maximum atomic E-state index is 11.8. The lowest BCUT2D eigenvalue weighted by molar-refractivity contribution is -0.115. The lowest BCUT2D eigenvalue weighted by Crippen LogP contribution is -2.13. The summed E-state index contributed by atoms with van der Waals surface area (Å²) in [4.78, 5) is 23.7. The normalized spacial score (nSPS) is 10.8. The molecule has 7 heteroatoms. The van der Waals surface area contributed by atoms with Crippen molar-refractivity contribution in [2.24, 2.45) is 5.73 Å². The molecule has 3 N–H and O–H groups in total. The summed E-state index contributed by atoms with van der Waals surface area (Å²) in [7, 11) is 0. The molecule has 0 aliphatic heterocycles. The first-order valence-corrected chi connectivity index (χ1v) is 9.27. The van der Waals surface area contributed by atoms with Gasteiger partial charge in [-0.05, 0) is 35.9 Å². The van der Waals surface area contributed by atoms with E-state index in [-0.39, 0.29) is 11.7 Å². The first-order chi connectivity index (χ1) is 12.0. The maximum absolute atomic E-state index is 11.8. The average molecular weight is 419 g/mol. The zero-order valence-electron chi connectivity index (χ0n) is 13.1. The van der Waals surface area contributed by atoms with Crippen LogP contribution in [0.2, 0.25) is 0 Å². The fourth-order valence-electron chi connectivity index (χ4n) is 2.43. The van der Waals surface area contributed by atoms with E-state index in [1.165, 1.54) is 17.8 Å². The molecule has 0 bridgehead atoms. The Hall–Kier alpha value is -2.25. The van der Waals surface area contributed by atoms with E-state index in [0.29, 0.717) is 12.1 Å². The number of para-hydroxylation sites is 1. The molecule has 0 radical (unpaired) electrons. The van der Waals surface area contributed by atoms with Gasteiger partial charge in [-0.3, -0.25) is 4.79 Å². The third-order valence-corrected chi connectivity index (χ3v) is 5.11. The fourth-order valence-corrected chi connectivity index (χ4v) is 3.54. The van der Waals surface area contributed by atoms with Crippen molar-refractivity contribution in [3.8, 4) is 0 Å². The number of carbonyl (C=O) groups excluding carboxylic acids is 1. The molecule has 0 atom stereocenters. The van der Waals surface area contributed by atoms with Crippen LogP contribution in [0.1, 0.15) is 5.56 Å². The minimum absolute atomic E-state index is 0.213. The second kappa shape index (κ2) is 7.76. The van der Waals surface area contributed by atoms with Crippen molar-refractivity contribution in [3.63, 3.8) is 0 Å². The van der Waals surface area contributed by atoms with E-state index < -0.39 is 5.63 Å². The topological polar surface area (TPSA) is 85.3 Å². The van der Waals surface area contributed by atoms with E-state index in [0.717, 1.165) is 26.0 Å². The highest BCUT2D eigenvalue weighted by Crippen LogP contribution is 2.28. The van der Waals surface area contributed by atoms with Crippen molar-refractivity contribution in [1.82, 2.24) is 0 Å². The number of hydrogen-bond acceptors (Lipinski definition) is 5. The molecule has 0 spiro atoms. The number of benzene rings is 2. The fraction of sp³-hybridized carbons (Fsp3) is 0.111. The largest absolute Gasteiger partial charge is 0.423 e. The number of nitrogens with two attached hydrogens (primary N) is 1. The maximum Gasteiger partial charge on any atom is 0.336 e. The number of thioether (sulfide) groups is 1. The molecule has 1 aromatic heterocycles. The molecule has 0 fully saturated rings. The van der Waals surface area contributed by atoms with Crippen LogP contribution in [0.25, 0.3) is 11.0 Å². The second-order valence-electron chi connectivity index (χ2n) is 5.34. The lowest BCUT2D eigenvalue weighted by atomic mass is 10.1. The van der Waals surface area contributed by atoms with Gasteiger partial charge in [0.1, 0.15) is 5.58 Å². The standard InChI is InChI=1S/C18H15BrN2O3S/c19-12-5-6-13-11(7-18(23)24-15(13)8-12)9-21-14-3-1-2-4-16(14)25-10-17(20)22/h1-8,21H,9-10H2,(H2,20,22). The molecule has 128 valence electrons. The van der Waals surface area contributed by atoms with Gasteiger partial charge in [0.25, 0.3) is 0 Å². The Kier molecular flexibility index (Phi) is 5.45. The van der Waals surface area contributed by atoms with Gasteiger partial charge in [0, 0.05) is 33.1 Å². The van der Waals surface area contributed by atoms with E-state index in [9.17, 15) is 9.59 Å². The highest BCUT2D eigenvalue weighted by molar-refractivity contribution is 9.10. The van der Waals surface area contributed by atoms with Crippen LogP contribution in [0.15, 0.2) is 67.1 Å². The predicted molar refractivity (Wildman–Crippen MR) is 104 cm³/mol. The number of carbonyl (C=O) groups is 1. The number of primary amides is 1. The van der Waals surface area contributed by atoms with Gasteiger partial charge in [-0.15, -0.1) is 11.8 Å². The molecule has 3 aromatic rings. The SMILES string of the molecule is NC(=O)CSc1ccccc1NCc1cc(=O)oc2cc(Br)ccc12. The van der Waals surface area contributed by atoms with Crippen LogP contribution < -0.4 is 16.7 Å². The van der Waals surface area contributed by atoms with E-state index in [1.54, 1.807) is 6.07 Å². The summed E-state index contributed by atoms with van der Waals surface area (Å²) in [5, 5.41) is 4.19. The number of halogens is 1. The molecule has 1 heterocycles. The van der Waals surface area contributed by atoms with Crippen molar-refractivity contribution in [1.29, 1.82) is 0 Å². The molecule has 0 aliphatic carbocycles. The van der Waals surface area contributed by atoms with Crippen molar-refractivity contribution in [3.05, 3.63) is 69.0 Å². The quantitative estimate of drug-likeness (QED) is 0.470. The van der Waals surface area contributed by atoms with Crippen LogP contribution in [-0.2, 0) is 11.3 Å². The molecule has 0 aliphatic rings. The molecule has 25 heavy (non-hydrogen) atoms. The number of fused-ring (bicyclic) bond motifs is 1. The van der Waals surface area contributed by atoms with Gasteiger partial charge in [0.05, 0.1) is 5.75 Å². The minimum Gasteiger partial charge on any atom is -0.423 e. The molecule has 3 rings (SSSR count). The number of nitrogens with one attached hydrogen (secondary N) is 1. The first kappa shape index (κ1) is 17.6. The zero-order valence-corrected chi connectivity index (χ0v) is 15.5. The van der Waals surface area contributed by atoms with Crippen molar-refractivity contribution in [2.45, 2.75) is 11.4 Å². The van der Waals surface area contributed by atoms with Crippen molar-refractivity contribution >= 4 is 50.3 Å². The van der Waals surface area contributed by atoms with E-state index in [2.05, 4.69) is 21.2 Å². The number of anilines is 1. The van der Waals surface area contributed by atoms with Gasteiger partial charge in [-0.25, -0.2) is 4.79 Å². The van der Waals surface area contributed by atoms with Gasteiger partial charge in [-0.1, -0.05) is 28.1 Å². The molecule has 5 nitrogen and oxygen atoms in total. The number of amides is 1. The molecular formula is C18H15BrN2O3S. The number of hydrogen-bond donors (Lipinski definition) is 2. The summed E-state index contributed by atoms with van der Waals surface area (Å²) in [5.74, 6) is -0.151. The minimum atomic E-state index is -0.390. The van der Waals surface area contributed by atoms with E-state index in [1.807, 2.05) is 36.4 Å². The Morgan fingerprint density at radius 3 is 2.80 bits per heavy atom. The summed E-state index contributed by atoms with van der Waals surface area (Å²) >= 11 is 4.75. The van der Waals surface area contributed by atoms with Gasteiger partial charge in [0.15, 0.2) is 0 Å². The summed E-state index contributed by atoms with van der Waals surface area (Å²) in [6.07, 6.45) is 0. The van der Waals surface area contributed by atoms with E-state index >= 15 is 0 Å². The Morgan fingerprint density at radius 1 is 1.20 bits per heavy atom. The third-order valence-electron chi connectivity index (χ3n) is 3.52. The van der Waals surface area contributed by atoms with Crippen molar-refractivity contribution < 1.29 is 9.21 Å². The van der Waals surface area contributed by atoms with Gasteiger partial charge in [-0.2, -0.15) is 0 Å². The smallest absolute Gasteiger partial charge is 0.336 e. The highest BCUT2D eigenvalue weighted by Gasteiger charge is 2.08. The molecule has 0 saturated heterocycles. The summed E-state index contributed by atoms with van der Waals surface area (Å²) < 4.78 is 6.10. The Morgan fingerprint density at radius 2 is 2.00 bits per heavy atom. The molecule has 0 unspecified atom stereocenters. The molecule has 1 amide bonds. The zero-order chi connectivity index (χ0) is 17.8. The van der Waals surface area contributed by atoms with Gasteiger partial charge in [0.2, 0.25) is 5.91 Å². The summed E-state index contributed by atoms with van der Waals surface area (Å²) in [6.45, 7) is 0.456. The Labute approximate surface area is 156 Å². The molecule has 0 saturated carbocycles. The average Bonchev–Trinajstić information content (AvgIpc) is 2.58. The van der Waals surface area contributed by atoms with Crippen LogP contribution in [0, 0.1) is 0 Å². The van der Waals surface area contributed by atoms with Gasteiger partial charge < -0.3 is 15.5 Å². The monoisotopic (exact) mass is 418 g/mol. The van der Waals surface area contributed by atoms with Crippen LogP contribution in [0.4, 0.5) is 5.69 Å². The first-order valence-electron chi connectivity index (χ1n) is 7.49. The Balaban J connectivity index is 1.86. The summed E-state index contributed by atoms with van der Waals surface area (Å²) in [5.41, 5.74) is 7.09. The predicted octanol–water partition coefficient (Wildman–Crippen LogP) is 3.75. The second-order valence-corrected chi connectivity index (χ2v) is 7.27. The number of rotatable bonds is 6. The molecule has 2 aromatic carbocycles. The lowest BCUT2D eigenvalue weighted by Gasteiger charge is -2.12. The summed E-state index contributed by atoms with van der Waals surface area (Å²) in [6, 6.07) is 14.7. The third kappa shape index (κ3) is 4.43. The Bertz CT molecular complexity index is 987. The van der Waals surface area contributed by atoms with Crippen LogP contribution in [-0.4, -0.2) is 11.7 Å². The van der Waals surface area contributed by atoms with Gasteiger partial charge >= 0.3 is 5.63 Å². The van der Waals surface area contributed by atoms with Crippen LogP contribution >= 0.6 is 27.7 Å². The van der Waals surface area contributed by atoms with Crippen molar-refractivity contribution in [2.75, 3.05) is 11.1 Å².